The second kappa shape index (κ2) is 5.85. The Morgan fingerprint density at radius 3 is 1.95 bits per heavy atom. The first-order valence-corrected chi connectivity index (χ1v) is 7.68. The fourth-order valence-corrected chi connectivity index (χ4v) is 2.46. The molecule has 1 saturated carbocycles. The monoisotopic (exact) mass is 298 g/mol. The van der Waals surface area contributed by atoms with E-state index in [9.17, 15) is 9.59 Å². The molecule has 0 saturated heterocycles. The minimum Gasteiger partial charge on any atom is -0.444 e. The first-order valence-electron chi connectivity index (χ1n) is 7.68. The van der Waals surface area contributed by atoms with Gasteiger partial charge in [-0.1, -0.05) is 6.92 Å². The highest BCUT2D eigenvalue weighted by molar-refractivity contribution is 5.82. The van der Waals surface area contributed by atoms with Gasteiger partial charge in [-0.05, 0) is 60.8 Å². The van der Waals surface area contributed by atoms with E-state index < -0.39 is 17.2 Å². The topological polar surface area (TPSA) is 67.4 Å². The van der Waals surface area contributed by atoms with Crippen LogP contribution in [-0.2, 0) is 9.53 Å². The highest BCUT2D eigenvalue weighted by Gasteiger charge is 2.47. The number of hydrogen-bond acceptors (Lipinski definition) is 3. The van der Waals surface area contributed by atoms with Gasteiger partial charge in [0.1, 0.15) is 5.60 Å². The molecule has 5 nitrogen and oxygen atoms in total. The van der Waals surface area contributed by atoms with Gasteiger partial charge >= 0.3 is 6.09 Å². The summed E-state index contributed by atoms with van der Waals surface area (Å²) in [5, 5.41) is 5.91. The fraction of sp³-hybridized carbons (Fsp3) is 0.875. The standard InChI is InChI=1S/C16H30N2O3/c1-11(12(19)17-14(2,3)4)16(9-8-10-16)18-13(20)21-15(5,6)7/h11H,8-10H2,1-7H3,(H,17,19)(H,18,20). The maximum atomic E-state index is 12.4. The third kappa shape index (κ3) is 5.21. The number of carbonyl (C=O) groups is 2. The third-order valence-electron chi connectivity index (χ3n) is 3.72. The summed E-state index contributed by atoms with van der Waals surface area (Å²) < 4.78 is 5.32. The molecule has 1 aliphatic rings. The van der Waals surface area contributed by atoms with Crippen molar-refractivity contribution < 1.29 is 14.3 Å². The highest BCUT2D eigenvalue weighted by atomic mass is 16.6. The largest absolute Gasteiger partial charge is 0.444 e. The molecule has 0 radical (unpaired) electrons. The zero-order valence-corrected chi connectivity index (χ0v) is 14.4. The molecule has 0 aliphatic heterocycles. The molecule has 1 fully saturated rings. The van der Waals surface area contributed by atoms with Gasteiger partial charge in [-0.15, -0.1) is 0 Å². The van der Waals surface area contributed by atoms with Crippen LogP contribution in [0.2, 0.25) is 0 Å². The summed E-state index contributed by atoms with van der Waals surface area (Å²) >= 11 is 0. The van der Waals surface area contributed by atoms with Crippen LogP contribution in [0.3, 0.4) is 0 Å². The molecule has 1 aliphatic carbocycles. The Bertz CT molecular complexity index is 401. The first-order chi connectivity index (χ1) is 9.35. The number of alkyl carbamates (subject to hydrolysis) is 1. The summed E-state index contributed by atoms with van der Waals surface area (Å²) in [4.78, 5) is 24.4. The number of ether oxygens (including phenoxy) is 1. The van der Waals surface area contributed by atoms with Crippen LogP contribution in [0.15, 0.2) is 0 Å². The van der Waals surface area contributed by atoms with E-state index in [-0.39, 0.29) is 17.4 Å². The number of carbonyl (C=O) groups excluding carboxylic acids is 2. The van der Waals surface area contributed by atoms with Gasteiger partial charge in [-0.2, -0.15) is 0 Å². The number of hydrogen-bond donors (Lipinski definition) is 2. The van der Waals surface area contributed by atoms with E-state index >= 15 is 0 Å². The van der Waals surface area contributed by atoms with Crippen molar-refractivity contribution in [1.82, 2.24) is 10.6 Å². The molecule has 5 heteroatoms. The summed E-state index contributed by atoms with van der Waals surface area (Å²) in [6.45, 7) is 13.2. The average Bonchev–Trinajstić information content (AvgIpc) is 2.17. The molecule has 122 valence electrons. The Morgan fingerprint density at radius 1 is 1.10 bits per heavy atom. The van der Waals surface area contributed by atoms with E-state index in [1.165, 1.54) is 0 Å². The van der Waals surface area contributed by atoms with Crippen LogP contribution in [-0.4, -0.2) is 28.7 Å². The molecular weight excluding hydrogens is 268 g/mol. The maximum Gasteiger partial charge on any atom is 0.408 e. The van der Waals surface area contributed by atoms with Crippen LogP contribution in [0.1, 0.15) is 67.7 Å². The van der Waals surface area contributed by atoms with E-state index in [1.807, 2.05) is 48.5 Å². The van der Waals surface area contributed by atoms with Gasteiger partial charge in [0.2, 0.25) is 5.91 Å². The lowest BCUT2D eigenvalue weighted by atomic mass is 9.68. The van der Waals surface area contributed by atoms with Gasteiger partial charge < -0.3 is 15.4 Å². The van der Waals surface area contributed by atoms with Gasteiger partial charge in [-0.3, -0.25) is 4.79 Å². The molecule has 21 heavy (non-hydrogen) atoms. The Hall–Kier alpha value is -1.26. The minimum absolute atomic E-state index is 0.0294. The van der Waals surface area contributed by atoms with Crippen LogP contribution in [0.25, 0.3) is 0 Å². The second-order valence-corrected chi connectivity index (χ2v) is 8.10. The Kier molecular flexibility index (Phi) is 4.96. The van der Waals surface area contributed by atoms with Gasteiger partial charge in [0.15, 0.2) is 0 Å². The Morgan fingerprint density at radius 2 is 1.62 bits per heavy atom. The normalized spacial score (nSPS) is 19.2. The quantitative estimate of drug-likeness (QED) is 0.841. The van der Waals surface area contributed by atoms with Crippen molar-refractivity contribution in [1.29, 1.82) is 0 Å². The van der Waals surface area contributed by atoms with Crippen LogP contribution in [0, 0.1) is 5.92 Å². The number of amides is 2. The minimum atomic E-state index is -0.536. The van der Waals surface area contributed by atoms with E-state index in [2.05, 4.69) is 10.6 Å². The molecule has 2 N–H and O–H groups in total. The Labute approximate surface area is 128 Å². The molecule has 1 atom stereocenters. The van der Waals surface area contributed by atoms with E-state index in [0.717, 1.165) is 19.3 Å². The average molecular weight is 298 g/mol. The lowest BCUT2D eigenvalue weighted by molar-refractivity contribution is -0.130. The van der Waals surface area contributed by atoms with Gasteiger partial charge in [0, 0.05) is 5.54 Å². The molecule has 0 heterocycles. The van der Waals surface area contributed by atoms with Gasteiger partial charge in [0.25, 0.3) is 0 Å². The van der Waals surface area contributed by atoms with Crippen molar-refractivity contribution in [2.75, 3.05) is 0 Å². The molecule has 0 bridgehead atoms. The summed E-state index contributed by atoms with van der Waals surface area (Å²) in [5.41, 5.74) is -1.29. The van der Waals surface area contributed by atoms with Crippen LogP contribution < -0.4 is 10.6 Å². The van der Waals surface area contributed by atoms with Crippen molar-refractivity contribution in [3.63, 3.8) is 0 Å². The van der Waals surface area contributed by atoms with Crippen molar-refractivity contribution in [2.24, 2.45) is 5.92 Å². The number of nitrogens with one attached hydrogen (secondary N) is 2. The van der Waals surface area contributed by atoms with Crippen LogP contribution in [0.5, 0.6) is 0 Å². The van der Waals surface area contributed by atoms with E-state index in [1.54, 1.807) is 0 Å². The summed E-state index contributed by atoms with van der Waals surface area (Å²) in [7, 11) is 0. The molecule has 0 spiro atoms. The lowest BCUT2D eigenvalue weighted by Gasteiger charge is -2.46. The van der Waals surface area contributed by atoms with E-state index in [4.69, 9.17) is 4.74 Å². The third-order valence-corrected chi connectivity index (χ3v) is 3.72. The van der Waals surface area contributed by atoms with Crippen molar-refractivity contribution in [3.05, 3.63) is 0 Å². The predicted octanol–water partition coefficient (Wildman–Crippen LogP) is 2.98. The lowest BCUT2D eigenvalue weighted by Crippen LogP contribution is -2.62. The van der Waals surface area contributed by atoms with Gasteiger partial charge in [0.05, 0.1) is 11.5 Å². The highest BCUT2D eigenvalue weighted by Crippen LogP contribution is 2.39. The molecule has 0 aromatic carbocycles. The molecular formula is C16H30N2O3. The van der Waals surface area contributed by atoms with Crippen LogP contribution in [0.4, 0.5) is 4.79 Å². The van der Waals surface area contributed by atoms with E-state index in [0.29, 0.717) is 0 Å². The van der Waals surface area contributed by atoms with Crippen molar-refractivity contribution in [2.45, 2.75) is 84.4 Å². The van der Waals surface area contributed by atoms with Crippen LogP contribution >= 0.6 is 0 Å². The summed E-state index contributed by atoms with van der Waals surface area (Å²) in [5.74, 6) is -0.309. The maximum absolute atomic E-state index is 12.4. The molecule has 1 unspecified atom stereocenters. The van der Waals surface area contributed by atoms with Gasteiger partial charge in [-0.25, -0.2) is 4.79 Å². The summed E-state index contributed by atoms with van der Waals surface area (Å²) in [6, 6.07) is 0. The Balaban J connectivity index is 2.71. The zero-order chi connectivity index (χ0) is 16.5. The van der Waals surface area contributed by atoms with Crippen molar-refractivity contribution in [3.8, 4) is 0 Å². The fourth-order valence-electron chi connectivity index (χ4n) is 2.46. The molecule has 0 aromatic rings. The SMILES string of the molecule is CC(C(=O)NC(C)(C)C)C1(NC(=O)OC(C)(C)C)CCC1. The first kappa shape index (κ1) is 17.8. The number of rotatable bonds is 3. The van der Waals surface area contributed by atoms with Crippen molar-refractivity contribution >= 4 is 12.0 Å². The molecule has 2 amide bonds. The predicted molar refractivity (Wildman–Crippen MR) is 83.0 cm³/mol. The second-order valence-electron chi connectivity index (χ2n) is 8.10. The molecule has 0 aromatic heterocycles. The smallest absolute Gasteiger partial charge is 0.408 e. The molecule has 1 rings (SSSR count). The zero-order valence-electron chi connectivity index (χ0n) is 14.4. The summed E-state index contributed by atoms with van der Waals surface area (Å²) in [6.07, 6.45) is 2.19.